The van der Waals surface area contributed by atoms with Crippen LogP contribution < -0.4 is 5.32 Å². The van der Waals surface area contributed by atoms with E-state index in [1.165, 1.54) is 0 Å². The van der Waals surface area contributed by atoms with Crippen LogP contribution >= 0.6 is 0 Å². The van der Waals surface area contributed by atoms with Crippen molar-refractivity contribution >= 4 is 11.8 Å². The van der Waals surface area contributed by atoms with E-state index in [4.69, 9.17) is 4.74 Å². The molecule has 0 saturated carbocycles. The zero-order valence-electron chi connectivity index (χ0n) is 16.2. The molecule has 1 N–H and O–H groups in total. The third kappa shape index (κ3) is 7.30. The largest absolute Gasteiger partial charge is 0.381 e. The summed E-state index contributed by atoms with van der Waals surface area (Å²) in [7, 11) is 2.00. The van der Waals surface area contributed by atoms with Crippen LogP contribution in [0.1, 0.15) is 27.2 Å². The van der Waals surface area contributed by atoms with Gasteiger partial charge < -0.3 is 15.0 Å². The van der Waals surface area contributed by atoms with Gasteiger partial charge in [-0.25, -0.2) is 0 Å². The van der Waals surface area contributed by atoms with E-state index in [1.54, 1.807) is 0 Å². The molecule has 1 unspecified atom stereocenters. The van der Waals surface area contributed by atoms with Gasteiger partial charge in [0.25, 0.3) is 0 Å². The molecule has 2 rings (SSSR count). The molecule has 2 aliphatic heterocycles. The van der Waals surface area contributed by atoms with Gasteiger partial charge in [0.15, 0.2) is 0 Å². The van der Waals surface area contributed by atoms with Crippen molar-refractivity contribution in [2.75, 3.05) is 66.1 Å². The minimum Gasteiger partial charge on any atom is -0.381 e. The molecule has 144 valence electrons. The molecule has 0 aromatic heterocycles. The molecule has 2 fully saturated rings. The highest BCUT2D eigenvalue weighted by Gasteiger charge is 2.25. The van der Waals surface area contributed by atoms with Gasteiger partial charge in [-0.3, -0.25) is 19.4 Å². The monoisotopic (exact) mass is 354 g/mol. The molecule has 1 atom stereocenters. The van der Waals surface area contributed by atoms with Crippen molar-refractivity contribution in [1.29, 1.82) is 0 Å². The van der Waals surface area contributed by atoms with E-state index in [0.29, 0.717) is 32.1 Å². The van der Waals surface area contributed by atoms with Crippen LogP contribution in [-0.2, 0) is 14.3 Å². The lowest BCUT2D eigenvalue weighted by molar-refractivity contribution is -0.134. The van der Waals surface area contributed by atoms with Crippen LogP contribution in [0, 0.1) is 5.92 Å². The molecule has 2 heterocycles. The molecule has 2 saturated heterocycles. The van der Waals surface area contributed by atoms with Gasteiger partial charge >= 0.3 is 0 Å². The standard InChI is InChI=1S/C18H34N4O3/c1-18(2,3)19-16(23)12-21-6-8-22(9-7-21)17(24)13-20(4)11-15-5-10-25-14-15/h15H,5-14H2,1-4H3,(H,19,23). The Balaban J connectivity index is 1.66. The minimum atomic E-state index is -0.205. The number of amides is 2. The first-order valence-electron chi connectivity index (χ1n) is 9.30. The third-order valence-electron chi connectivity index (χ3n) is 4.61. The van der Waals surface area contributed by atoms with Crippen LogP contribution in [0.15, 0.2) is 0 Å². The van der Waals surface area contributed by atoms with Gasteiger partial charge in [-0.15, -0.1) is 0 Å². The van der Waals surface area contributed by atoms with Crippen molar-refractivity contribution in [3.8, 4) is 0 Å². The Hall–Kier alpha value is -1.18. The van der Waals surface area contributed by atoms with E-state index in [9.17, 15) is 9.59 Å². The first-order chi connectivity index (χ1) is 11.7. The highest BCUT2D eigenvalue weighted by Crippen LogP contribution is 2.13. The molecular weight excluding hydrogens is 320 g/mol. The number of ether oxygens (including phenoxy) is 1. The van der Waals surface area contributed by atoms with E-state index in [1.807, 2.05) is 32.7 Å². The van der Waals surface area contributed by atoms with Gasteiger partial charge in [0.1, 0.15) is 0 Å². The Morgan fingerprint density at radius 1 is 1.20 bits per heavy atom. The van der Waals surface area contributed by atoms with Crippen LogP contribution in [0.5, 0.6) is 0 Å². The van der Waals surface area contributed by atoms with Crippen molar-refractivity contribution in [2.24, 2.45) is 5.92 Å². The summed E-state index contributed by atoms with van der Waals surface area (Å²) >= 11 is 0. The van der Waals surface area contributed by atoms with Crippen molar-refractivity contribution in [3.63, 3.8) is 0 Å². The molecule has 7 heteroatoms. The van der Waals surface area contributed by atoms with Crippen LogP contribution in [0.4, 0.5) is 0 Å². The topological polar surface area (TPSA) is 65.1 Å². The van der Waals surface area contributed by atoms with Gasteiger partial charge in [0, 0.05) is 44.9 Å². The number of nitrogens with one attached hydrogen (secondary N) is 1. The van der Waals surface area contributed by atoms with Crippen LogP contribution in [0.25, 0.3) is 0 Å². The highest BCUT2D eigenvalue weighted by atomic mass is 16.5. The number of nitrogens with zero attached hydrogens (tertiary/aromatic N) is 3. The average Bonchev–Trinajstić information content (AvgIpc) is 2.98. The predicted molar refractivity (Wildman–Crippen MR) is 97.3 cm³/mol. The fourth-order valence-electron chi connectivity index (χ4n) is 3.38. The second-order valence-corrected chi connectivity index (χ2v) is 8.38. The summed E-state index contributed by atoms with van der Waals surface area (Å²) in [6.07, 6.45) is 1.09. The average molecular weight is 354 g/mol. The van der Waals surface area contributed by atoms with Gasteiger partial charge in [-0.1, -0.05) is 0 Å². The summed E-state index contributed by atoms with van der Waals surface area (Å²) in [5.74, 6) is 0.780. The van der Waals surface area contributed by atoms with E-state index in [-0.39, 0.29) is 17.4 Å². The number of piperazine rings is 1. The first kappa shape index (κ1) is 20.1. The Morgan fingerprint density at radius 3 is 2.44 bits per heavy atom. The zero-order chi connectivity index (χ0) is 18.4. The summed E-state index contributed by atoms with van der Waals surface area (Å²) in [6, 6.07) is 0. The first-order valence-corrected chi connectivity index (χ1v) is 9.30. The maximum absolute atomic E-state index is 12.5. The van der Waals surface area contributed by atoms with Gasteiger partial charge in [0.05, 0.1) is 19.7 Å². The molecule has 0 aromatic carbocycles. The van der Waals surface area contributed by atoms with Gasteiger partial charge in [-0.2, -0.15) is 0 Å². The Labute approximate surface area is 151 Å². The molecule has 2 aliphatic rings. The summed E-state index contributed by atoms with van der Waals surface area (Å²) < 4.78 is 5.39. The smallest absolute Gasteiger partial charge is 0.236 e. The van der Waals surface area contributed by atoms with Crippen LogP contribution in [-0.4, -0.2) is 98.1 Å². The molecule has 25 heavy (non-hydrogen) atoms. The maximum atomic E-state index is 12.5. The fourth-order valence-corrected chi connectivity index (χ4v) is 3.38. The lowest BCUT2D eigenvalue weighted by atomic mass is 10.1. The molecular formula is C18H34N4O3. The normalized spacial score (nSPS) is 22.4. The highest BCUT2D eigenvalue weighted by molar-refractivity contribution is 5.79. The summed E-state index contributed by atoms with van der Waals surface area (Å²) in [6.45, 7) is 12.3. The van der Waals surface area contributed by atoms with Crippen molar-refractivity contribution in [2.45, 2.75) is 32.7 Å². The second kappa shape index (κ2) is 8.96. The summed E-state index contributed by atoms with van der Waals surface area (Å²) in [5.41, 5.74) is -0.205. The number of likely N-dealkylation sites (N-methyl/N-ethyl adjacent to an activating group) is 1. The van der Waals surface area contributed by atoms with E-state index >= 15 is 0 Å². The quantitative estimate of drug-likeness (QED) is 0.728. The van der Waals surface area contributed by atoms with Crippen LogP contribution in [0.3, 0.4) is 0 Å². The lowest BCUT2D eigenvalue weighted by Crippen LogP contribution is -2.54. The lowest BCUT2D eigenvalue weighted by Gasteiger charge is -2.35. The van der Waals surface area contributed by atoms with Crippen molar-refractivity contribution < 1.29 is 14.3 Å². The Bertz CT molecular complexity index is 450. The Kier molecular flexibility index (Phi) is 7.22. The molecule has 0 aliphatic carbocycles. The predicted octanol–water partition coefficient (Wildman–Crippen LogP) is 0.0136. The van der Waals surface area contributed by atoms with Crippen LogP contribution in [0.2, 0.25) is 0 Å². The fraction of sp³-hybridized carbons (Fsp3) is 0.889. The summed E-state index contributed by atoms with van der Waals surface area (Å²) in [5, 5.41) is 2.98. The molecule has 0 bridgehead atoms. The second-order valence-electron chi connectivity index (χ2n) is 8.38. The number of carbonyl (C=O) groups is 2. The zero-order valence-corrected chi connectivity index (χ0v) is 16.2. The number of hydrogen-bond acceptors (Lipinski definition) is 5. The summed E-state index contributed by atoms with van der Waals surface area (Å²) in [4.78, 5) is 30.6. The molecule has 0 radical (unpaired) electrons. The molecule has 2 amide bonds. The number of rotatable bonds is 6. The van der Waals surface area contributed by atoms with E-state index < -0.39 is 0 Å². The van der Waals surface area contributed by atoms with Crippen molar-refractivity contribution in [3.05, 3.63) is 0 Å². The molecule has 0 aromatic rings. The maximum Gasteiger partial charge on any atom is 0.236 e. The van der Waals surface area contributed by atoms with E-state index in [0.717, 1.165) is 39.3 Å². The van der Waals surface area contributed by atoms with Gasteiger partial charge in [0.2, 0.25) is 11.8 Å². The van der Waals surface area contributed by atoms with E-state index in [2.05, 4.69) is 15.1 Å². The Morgan fingerprint density at radius 2 is 1.88 bits per heavy atom. The van der Waals surface area contributed by atoms with Crippen molar-refractivity contribution in [1.82, 2.24) is 20.0 Å². The molecule has 7 nitrogen and oxygen atoms in total. The molecule has 0 spiro atoms. The number of hydrogen-bond donors (Lipinski definition) is 1. The number of carbonyl (C=O) groups excluding carboxylic acids is 2. The minimum absolute atomic E-state index is 0.0470. The SMILES string of the molecule is CN(CC(=O)N1CCN(CC(=O)NC(C)(C)C)CC1)CC1CCOC1. The van der Waals surface area contributed by atoms with Gasteiger partial charge in [-0.05, 0) is 40.2 Å². The third-order valence-corrected chi connectivity index (χ3v) is 4.61.